The van der Waals surface area contributed by atoms with E-state index in [1.807, 2.05) is 0 Å². The Hall–Kier alpha value is -1.33. The molecule has 0 aromatic heterocycles. The van der Waals surface area contributed by atoms with Crippen molar-refractivity contribution in [2.45, 2.75) is 15.3 Å². The van der Waals surface area contributed by atoms with Crippen LogP contribution in [0.4, 0.5) is 13.2 Å². The van der Waals surface area contributed by atoms with Gasteiger partial charge in [-0.25, -0.2) is 4.79 Å². The number of thioether (sulfide) groups is 1. The minimum Gasteiger partial charge on any atom is -0.465 e. The van der Waals surface area contributed by atoms with Crippen molar-refractivity contribution >= 4 is 30.4 Å². The van der Waals surface area contributed by atoms with E-state index >= 15 is 0 Å². The zero-order valence-corrected chi connectivity index (χ0v) is 10.6. The highest BCUT2D eigenvalue weighted by molar-refractivity contribution is 8.00. The van der Waals surface area contributed by atoms with Crippen LogP contribution < -0.4 is 0 Å². The fourth-order valence-corrected chi connectivity index (χ4v) is 2.21. The monoisotopic (exact) mass is 293 g/mol. The zero-order valence-electron chi connectivity index (χ0n) is 8.91. The van der Waals surface area contributed by atoms with Gasteiger partial charge in [0.15, 0.2) is 0 Å². The zero-order chi connectivity index (χ0) is 13.9. The Morgan fingerprint density at radius 3 is 2.56 bits per heavy atom. The SMILES string of the molecule is COC(=O)c1cc(C#N)cc(S)c1SC(F)(F)F. The number of ether oxygens (including phenoxy) is 1. The molecule has 1 aromatic rings. The Labute approximate surface area is 110 Å². The van der Waals surface area contributed by atoms with Gasteiger partial charge in [0.2, 0.25) is 0 Å². The molecule has 0 spiro atoms. The lowest BCUT2D eigenvalue weighted by molar-refractivity contribution is -0.0329. The maximum atomic E-state index is 12.4. The number of esters is 1. The van der Waals surface area contributed by atoms with Crippen molar-refractivity contribution in [3.63, 3.8) is 0 Å². The van der Waals surface area contributed by atoms with Crippen molar-refractivity contribution in [1.82, 2.24) is 0 Å². The van der Waals surface area contributed by atoms with E-state index in [4.69, 9.17) is 5.26 Å². The first kappa shape index (κ1) is 14.7. The van der Waals surface area contributed by atoms with Crippen LogP contribution in [0, 0.1) is 11.3 Å². The molecule has 0 heterocycles. The molecule has 0 unspecified atom stereocenters. The lowest BCUT2D eigenvalue weighted by Crippen LogP contribution is -2.08. The predicted octanol–water partition coefficient (Wildman–Crippen LogP) is 3.25. The smallest absolute Gasteiger partial charge is 0.446 e. The highest BCUT2D eigenvalue weighted by Gasteiger charge is 2.33. The van der Waals surface area contributed by atoms with Crippen molar-refractivity contribution in [2.75, 3.05) is 7.11 Å². The van der Waals surface area contributed by atoms with Gasteiger partial charge in [0, 0.05) is 9.79 Å². The lowest BCUT2D eigenvalue weighted by atomic mass is 10.1. The Bertz CT molecular complexity index is 523. The number of rotatable bonds is 2. The summed E-state index contributed by atoms with van der Waals surface area (Å²) < 4.78 is 41.5. The molecule has 0 radical (unpaired) electrons. The average molecular weight is 293 g/mol. The number of carbonyl (C=O) groups excluding carboxylic acids is 1. The predicted molar refractivity (Wildman–Crippen MR) is 61.7 cm³/mol. The first-order valence-electron chi connectivity index (χ1n) is 4.39. The second-order valence-corrected chi connectivity index (χ2v) is 4.58. The number of alkyl halides is 3. The molecular formula is C10H6F3NO2S2. The molecule has 18 heavy (non-hydrogen) atoms. The van der Waals surface area contributed by atoms with Crippen molar-refractivity contribution in [2.24, 2.45) is 0 Å². The van der Waals surface area contributed by atoms with Gasteiger partial charge in [0.25, 0.3) is 0 Å². The van der Waals surface area contributed by atoms with E-state index in [0.29, 0.717) is 0 Å². The van der Waals surface area contributed by atoms with E-state index in [2.05, 4.69) is 17.4 Å². The number of benzene rings is 1. The second-order valence-electron chi connectivity index (χ2n) is 3.02. The summed E-state index contributed by atoms with van der Waals surface area (Å²) in [6, 6.07) is 3.93. The molecule has 0 fully saturated rings. The number of hydrogen-bond acceptors (Lipinski definition) is 5. The lowest BCUT2D eigenvalue weighted by Gasteiger charge is -2.12. The van der Waals surface area contributed by atoms with Gasteiger partial charge in [-0.2, -0.15) is 18.4 Å². The standard InChI is InChI=1S/C10H6F3NO2S2/c1-16-9(15)6-2-5(4-14)3-7(17)8(6)18-10(11,12)13/h2-3,17H,1H3. The van der Waals surface area contributed by atoms with Gasteiger partial charge in [-0.3, -0.25) is 0 Å². The Kier molecular flexibility index (Phi) is 4.53. The molecule has 0 aliphatic rings. The molecule has 3 nitrogen and oxygen atoms in total. The molecule has 0 amide bonds. The van der Waals surface area contributed by atoms with Crippen molar-refractivity contribution in [1.29, 1.82) is 5.26 Å². The molecule has 0 N–H and O–H groups in total. The maximum Gasteiger partial charge on any atom is 0.446 e. The summed E-state index contributed by atoms with van der Waals surface area (Å²) in [5.74, 6) is -0.950. The molecule has 1 aromatic carbocycles. The number of nitriles is 1. The van der Waals surface area contributed by atoms with Crippen LogP contribution in [-0.2, 0) is 4.74 Å². The normalized spacial score (nSPS) is 10.9. The van der Waals surface area contributed by atoms with Crippen LogP contribution in [0.2, 0.25) is 0 Å². The number of nitrogens with zero attached hydrogens (tertiary/aromatic N) is 1. The third kappa shape index (κ3) is 3.58. The third-order valence-corrected chi connectivity index (χ3v) is 3.20. The van der Waals surface area contributed by atoms with E-state index in [0.717, 1.165) is 19.2 Å². The highest BCUT2D eigenvalue weighted by Crippen LogP contribution is 2.42. The summed E-state index contributed by atoms with van der Waals surface area (Å²) in [5.41, 5.74) is -4.86. The summed E-state index contributed by atoms with van der Waals surface area (Å²) in [5, 5.41) is 8.70. The number of methoxy groups -OCH3 is 1. The van der Waals surface area contributed by atoms with Gasteiger partial charge in [-0.15, -0.1) is 12.6 Å². The summed E-state index contributed by atoms with van der Waals surface area (Å²) in [7, 11) is 1.04. The second kappa shape index (κ2) is 5.54. The number of carbonyl (C=O) groups is 1. The van der Waals surface area contributed by atoms with Crippen molar-refractivity contribution in [3.8, 4) is 6.07 Å². The molecule has 96 valence electrons. The molecular weight excluding hydrogens is 287 g/mol. The molecule has 8 heteroatoms. The molecule has 0 bridgehead atoms. The first-order valence-corrected chi connectivity index (χ1v) is 5.66. The van der Waals surface area contributed by atoms with E-state index in [9.17, 15) is 18.0 Å². The minimum absolute atomic E-state index is 0.0342. The topological polar surface area (TPSA) is 50.1 Å². The minimum atomic E-state index is -4.56. The highest BCUT2D eigenvalue weighted by atomic mass is 32.2. The fraction of sp³-hybridized carbons (Fsp3) is 0.200. The third-order valence-electron chi connectivity index (χ3n) is 1.82. The molecule has 1 rings (SSSR count). The average Bonchev–Trinajstić information content (AvgIpc) is 2.28. The van der Waals surface area contributed by atoms with Gasteiger partial charge in [-0.1, -0.05) is 0 Å². The molecule has 0 saturated carbocycles. The fourth-order valence-electron chi connectivity index (χ4n) is 1.16. The quantitative estimate of drug-likeness (QED) is 0.516. The molecule has 0 aliphatic heterocycles. The summed E-state index contributed by atoms with van der Waals surface area (Å²) in [6.45, 7) is 0. The van der Waals surface area contributed by atoms with Crippen LogP contribution in [0.5, 0.6) is 0 Å². The van der Waals surface area contributed by atoms with Gasteiger partial charge in [0.05, 0.1) is 24.3 Å². The van der Waals surface area contributed by atoms with Crippen LogP contribution in [0.15, 0.2) is 21.9 Å². The number of thiol groups is 1. The summed E-state index contributed by atoms with van der Waals surface area (Å²) >= 11 is 3.39. The Morgan fingerprint density at radius 1 is 1.50 bits per heavy atom. The van der Waals surface area contributed by atoms with Gasteiger partial charge < -0.3 is 4.74 Å². The summed E-state index contributed by atoms with van der Waals surface area (Å²) in [6.07, 6.45) is 0. The number of halogens is 3. The van der Waals surface area contributed by atoms with E-state index in [1.165, 1.54) is 0 Å². The van der Waals surface area contributed by atoms with Crippen LogP contribution >= 0.6 is 24.4 Å². The van der Waals surface area contributed by atoms with Crippen molar-refractivity contribution in [3.05, 3.63) is 23.3 Å². The van der Waals surface area contributed by atoms with Crippen LogP contribution in [0.25, 0.3) is 0 Å². The molecule has 0 atom stereocenters. The van der Waals surface area contributed by atoms with Crippen molar-refractivity contribution < 1.29 is 22.7 Å². The van der Waals surface area contributed by atoms with Gasteiger partial charge >= 0.3 is 11.5 Å². The van der Waals surface area contributed by atoms with E-state index < -0.39 is 23.2 Å². The van der Waals surface area contributed by atoms with Gasteiger partial charge in [0.1, 0.15) is 0 Å². The number of hydrogen-bond donors (Lipinski definition) is 1. The summed E-state index contributed by atoms with van der Waals surface area (Å²) in [4.78, 5) is 10.9. The molecule has 0 saturated heterocycles. The van der Waals surface area contributed by atoms with Crippen LogP contribution in [0.1, 0.15) is 15.9 Å². The van der Waals surface area contributed by atoms with E-state index in [1.54, 1.807) is 6.07 Å². The van der Waals surface area contributed by atoms with E-state index in [-0.39, 0.29) is 20.9 Å². The van der Waals surface area contributed by atoms with Gasteiger partial charge in [-0.05, 0) is 23.9 Å². The van der Waals surface area contributed by atoms with Crippen LogP contribution in [-0.4, -0.2) is 18.6 Å². The Morgan fingerprint density at radius 2 is 2.11 bits per heavy atom. The first-order chi connectivity index (χ1) is 8.28. The largest absolute Gasteiger partial charge is 0.465 e. The molecule has 0 aliphatic carbocycles. The van der Waals surface area contributed by atoms with Crippen LogP contribution in [0.3, 0.4) is 0 Å². The maximum absolute atomic E-state index is 12.4. The Balaban J connectivity index is 3.39.